The lowest BCUT2D eigenvalue weighted by molar-refractivity contribution is -0.138. The topological polar surface area (TPSA) is 79.1 Å². The number of halogens is 2. The maximum atomic E-state index is 14.2. The Hall–Kier alpha value is -4.99. The van der Waals surface area contributed by atoms with E-state index in [4.69, 9.17) is 30.8 Å². The van der Waals surface area contributed by atoms with Gasteiger partial charge in [-0.25, -0.2) is 14.2 Å². The summed E-state index contributed by atoms with van der Waals surface area (Å²) in [6.45, 7) is 4.44. The summed E-state index contributed by atoms with van der Waals surface area (Å²) in [6.07, 6.45) is 1.76. The second-order valence-corrected chi connectivity index (χ2v) is 12.0. The molecule has 0 bridgehead atoms. The molecule has 4 aromatic carbocycles. The monoisotopic (exact) mass is 668 g/mol. The molecule has 1 aliphatic heterocycles. The molecule has 0 amide bonds. The van der Waals surface area contributed by atoms with Gasteiger partial charge >= 0.3 is 5.97 Å². The minimum atomic E-state index is -0.899. The Morgan fingerprint density at radius 3 is 2.45 bits per heavy atom. The minimum absolute atomic E-state index is 0.131. The predicted molar refractivity (Wildman–Crippen MR) is 181 cm³/mol. The van der Waals surface area contributed by atoms with Crippen LogP contribution in [0.2, 0.25) is 5.02 Å². The molecule has 0 aliphatic carbocycles. The van der Waals surface area contributed by atoms with E-state index < -0.39 is 17.8 Å². The molecule has 0 radical (unpaired) electrons. The van der Waals surface area contributed by atoms with Crippen LogP contribution in [-0.4, -0.2) is 23.8 Å². The molecule has 0 saturated carbocycles. The van der Waals surface area contributed by atoms with Gasteiger partial charge in [-0.2, -0.15) is 0 Å². The summed E-state index contributed by atoms with van der Waals surface area (Å²) in [5.74, 6) is 0.0363. The molecule has 0 spiro atoms. The molecule has 6 rings (SSSR count). The number of nitrogens with zero attached hydrogens (tertiary/aromatic N) is 2. The Kier molecular flexibility index (Phi) is 9.65. The van der Waals surface area contributed by atoms with Crippen molar-refractivity contribution in [1.29, 1.82) is 0 Å². The number of carbonyl (C=O) groups is 1. The maximum absolute atomic E-state index is 14.2. The number of carbonyl (C=O) groups excluding carboxylic acids is 1. The van der Waals surface area contributed by atoms with Gasteiger partial charge in [0.25, 0.3) is 5.56 Å². The molecule has 0 unspecified atom stereocenters. The maximum Gasteiger partial charge on any atom is 0.338 e. The molecular weight excluding hydrogens is 639 g/mol. The van der Waals surface area contributed by atoms with Crippen molar-refractivity contribution < 1.29 is 23.4 Å². The first kappa shape index (κ1) is 32.0. The Bertz CT molecular complexity index is 2140. The lowest BCUT2D eigenvalue weighted by atomic mass is 9.93. The number of fused-ring (bicyclic) bond motifs is 1. The molecule has 7 nitrogen and oxygen atoms in total. The van der Waals surface area contributed by atoms with Gasteiger partial charge in [-0.05, 0) is 73.0 Å². The van der Waals surface area contributed by atoms with Gasteiger partial charge in [-0.15, -0.1) is 0 Å². The normalized spacial score (nSPS) is 14.4. The van der Waals surface area contributed by atoms with Gasteiger partial charge in [-0.3, -0.25) is 9.36 Å². The van der Waals surface area contributed by atoms with Gasteiger partial charge in [0.2, 0.25) is 0 Å². The highest BCUT2D eigenvalue weighted by molar-refractivity contribution is 7.07. The lowest BCUT2D eigenvalue weighted by Gasteiger charge is -2.25. The SMILES string of the molecule is CCOC(=O)C1=C(c2ccccc2)N=c2s/c(=C\c3ccc(OCc4cccc(Cl)c4)c(OCC)c3)c(=O)n2[C@@H]1c1ccc(F)cc1. The zero-order valence-electron chi connectivity index (χ0n) is 25.6. The molecule has 238 valence electrons. The van der Waals surface area contributed by atoms with Crippen molar-refractivity contribution in [3.63, 3.8) is 0 Å². The summed E-state index contributed by atoms with van der Waals surface area (Å²) < 4.78 is 33.3. The zero-order valence-corrected chi connectivity index (χ0v) is 27.2. The van der Waals surface area contributed by atoms with Crippen molar-refractivity contribution >= 4 is 40.7 Å². The zero-order chi connectivity index (χ0) is 32.9. The summed E-state index contributed by atoms with van der Waals surface area (Å²) in [6, 6.07) is 27.0. The van der Waals surface area contributed by atoms with Gasteiger partial charge < -0.3 is 14.2 Å². The molecule has 5 aromatic rings. The highest BCUT2D eigenvalue weighted by Gasteiger charge is 2.35. The predicted octanol–water partition coefficient (Wildman–Crippen LogP) is 6.71. The Labute approximate surface area is 279 Å². The number of benzene rings is 4. The third-order valence-corrected chi connectivity index (χ3v) is 8.63. The summed E-state index contributed by atoms with van der Waals surface area (Å²) in [5.41, 5.74) is 3.10. The minimum Gasteiger partial charge on any atom is -0.490 e. The van der Waals surface area contributed by atoms with Gasteiger partial charge in [0.15, 0.2) is 16.3 Å². The smallest absolute Gasteiger partial charge is 0.338 e. The Balaban J connectivity index is 1.47. The Morgan fingerprint density at radius 2 is 1.72 bits per heavy atom. The van der Waals surface area contributed by atoms with E-state index in [-0.39, 0.29) is 17.7 Å². The highest BCUT2D eigenvalue weighted by atomic mass is 35.5. The average molecular weight is 669 g/mol. The molecule has 2 heterocycles. The largest absolute Gasteiger partial charge is 0.490 e. The highest BCUT2D eigenvalue weighted by Crippen LogP contribution is 2.35. The third kappa shape index (κ3) is 6.91. The van der Waals surface area contributed by atoms with E-state index in [1.807, 2.05) is 67.6 Å². The van der Waals surface area contributed by atoms with Crippen LogP contribution in [0.4, 0.5) is 4.39 Å². The van der Waals surface area contributed by atoms with Gasteiger partial charge in [0.05, 0.1) is 35.1 Å². The van der Waals surface area contributed by atoms with Crippen LogP contribution in [0.5, 0.6) is 11.5 Å². The number of thiazole rings is 1. The van der Waals surface area contributed by atoms with Crippen LogP contribution in [0.3, 0.4) is 0 Å². The van der Waals surface area contributed by atoms with Crippen molar-refractivity contribution in [2.75, 3.05) is 13.2 Å². The van der Waals surface area contributed by atoms with Crippen molar-refractivity contribution in [3.8, 4) is 11.5 Å². The fourth-order valence-electron chi connectivity index (χ4n) is 5.34. The summed E-state index contributed by atoms with van der Waals surface area (Å²) in [4.78, 5) is 33.0. The van der Waals surface area contributed by atoms with Crippen LogP contribution in [0.1, 0.15) is 42.1 Å². The van der Waals surface area contributed by atoms with E-state index in [9.17, 15) is 14.0 Å². The molecule has 10 heteroatoms. The standard InChI is InChI=1S/C37H30ClFN2O5S/c1-3-44-30-20-23(13-18-29(30)46-22-24-9-8-12-27(38)19-24)21-31-35(42)41-34(26-14-16-28(39)17-15-26)32(36(43)45-4-2)33(40-37(41)47-31)25-10-6-5-7-11-25/h5-21,34H,3-4,22H2,1-2H3/b31-21-/t34-/m1/s1. The number of esters is 1. The number of rotatable bonds is 10. The van der Waals surface area contributed by atoms with Crippen molar-refractivity contribution in [3.05, 3.63) is 155 Å². The number of ether oxygens (including phenoxy) is 3. The first-order valence-corrected chi connectivity index (χ1v) is 16.2. The second-order valence-electron chi connectivity index (χ2n) is 10.5. The molecule has 47 heavy (non-hydrogen) atoms. The van der Waals surface area contributed by atoms with Crippen LogP contribution < -0.4 is 24.4 Å². The Morgan fingerprint density at radius 1 is 0.936 bits per heavy atom. The molecule has 1 atom stereocenters. The molecule has 0 fully saturated rings. The molecule has 0 N–H and O–H groups in total. The van der Waals surface area contributed by atoms with Crippen LogP contribution in [0.15, 0.2) is 112 Å². The number of hydrogen-bond acceptors (Lipinski definition) is 7. The van der Waals surface area contributed by atoms with Crippen LogP contribution in [-0.2, 0) is 16.1 Å². The fourth-order valence-corrected chi connectivity index (χ4v) is 6.56. The van der Waals surface area contributed by atoms with E-state index in [2.05, 4.69) is 0 Å². The first-order chi connectivity index (χ1) is 22.9. The van der Waals surface area contributed by atoms with Crippen molar-refractivity contribution in [1.82, 2.24) is 4.57 Å². The second kappa shape index (κ2) is 14.2. The average Bonchev–Trinajstić information content (AvgIpc) is 3.38. The van der Waals surface area contributed by atoms with E-state index >= 15 is 0 Å². The van der Waals surface area contributed by atoms with Crippen molar-refractivity contribution in [2.24, 2.45) is 4.99 Å². The van der Waals surface area contributed by atoms with Crippen molar-refractivity contribution in [2.45, 2.75) is 26.5 Å². The summed E-state index contributed by atoms with van der Waals surface area (Å²) in [7, 11) is 0. The first-order valence-electron chi connectivity index (χ1n) is 15.0. The fraction of sp³-hybridized carbons (Fsp3) is 0.162. The van der Waals surface area contributed by atoms with Crippen LogP contribution >= 0.6 is 22.9 Å². The molecular formula is C37H30ClFN2O5S. The quantitative estimate of drug-likeness (QED) is 0.155. The van der Waals surface area contributed by atoms with E-state index in [1.165, 1.54) is 28.0 Å². The van der Waals surface area contributed by atoms with Gasteiger partial charge in [-0.1, -0.05) is 83.6 Å². The summed E-state index contributed by atoms with van der Waals surface area (Å²) >= 11 is 7.32. The van der Waals surface area contributed by atoms with Gasteiger partial charge in [0.1, 0.15) is 12.4 Å². The molecule has 1 aliphatic rings. The van der Waals surface area contributed by atoms with E-state index in [0.29, 0.717) is 61.5 Å². The third-order valence-electron chi connectivity index (χ3n) is 7.41. The van der Waals surface area contributed by atoms with Gasteiger partial charge in [0, 0.05) is 10.6 Å². The summed E-state index contributed by atoms with van der Waals surface area (Å²) in [5, 5.41) is 0.625. The van der Waals surface area contributed by atoms with E-state index in [1.54, 1.807) is 37.3 Å². The number of hydrogen-bond donors (Lipinski definition) is 0. The number of aromatic nitrogens is 1. The van der Waals surface area contributed by atoms with Crippen LogP contribution in [0, 0.1) is 5.82 Å². The van der Waals surface area contributed by atoms with E-state index in [0.717, 1.165) is 5.56 Å². The van der Waals surface area contributed by atoms with Crippen LogP contribution in [0.25, 0.3) is 11.8 Å². The lowest BCUT2D eigenvalue weighted by Crippen LogP contribution is -2.40. The molecule has 1 aromatic heterocycles. The molecule has 0 saturated heterocycles.